The third-order valence-corrected chi connectivity index (χ3v) is 5.73. The van der Waals surface area contributed by atoms with E-state index in [1.165, 1.54) is 22.8 Å². The van der Waals surface area contributed by atoms with Gasteiger partial charge in [0.05, 0.1) is 13.2 Å². The Bertz CT molecular complexity index is 717. The van der Waals surface area contributed by atoms with Gasteiger partial charge in [-0.1, -0.05) is 18.2 Å². The maximum absolute atomic E-state index is 5.48. The lowest BCUT2D eigenvalue weighted by Crippen LogP contribution is -2.36. The number of hydrogen-bond acceptors (Lipinski definition) is 7. The average molecular weight is 372 g/mol. The molecule has 3 heterocycles. The van der Waals surface area contributed by atoms with Crippen LogP contribution >= 0.6 is 11.8 Å². The molecule has 2 fully saturated rings. The Morgan fingerprint density at radius 2 is 1.81 bits per heavy atom. The van der Waals surface area contributed by atoms with Crippen molar-refractivity contribution in [1.82, 2.24) is 9.97 Å². The zero-order valence-electron chi connectivity index (χ0n) is 14.9. The van der Waals surface area contributed by atoms with Crippen molar-refractivity contribution in [2.75, 3.05) is 66.0 Å². The van der Waals surface area contributed by atoms with Crippen LogP contribution in [0.2, 0.25) is 0 Å². The van der Waals surface area contributed by atoms with Crippen LogP contribution in [0.5, 0.6) is 0 Å². The highest BCUT2D eigenvalue weighted by molar-refractivity contribution is 7.99. The van der Waals surface area contributed by atoms with Gasteiger partial charge in [0.15, 0.2) is 0 Å². The van der Waals surface area contributed by atoms with E-state index in [1.54, 1.807) is 6.33 Å². The van der Waals surface area contributed by atoms with E-state index in [4.69, 9.17) is 4.74 Å². The molecule has 26 heavy (non-hydrogen) atoms. The molecule has 1 N–H and O–H groups in total. The standard InChI is InChI=1S/C19H25N5OS/c1-2-4-17(23-5-9-25-10-6-23)16(3-1)14-20-18-13-19(22-15-21-18)24-7-11-26-12-8-24/h1-4,13,15H,5-12,14H2,(H,20,21,22). The highest BCUT2D eigenvalue weighted by Gasteiger charge is 2.15. The molecule has 138 valence electrons. The predicted octanol–water partition coefficient (Wildman–Crippen LogP) is 2.48. The lowest BCUT2D eigenvalue weighted by atomic mass is 10.1. The van der Waals surface area contributed by atoms with Gasteiger partial charge in [-0.15, -0.1) is 0 Å². The predicted molar refractivity (Wildman–Crippen MR) is 108 cm³/mol. The summed E-state index contributed by atoms with van der Waals surface area (Å²) in [5.41, 5.74) is 2.56. The number of hydrogen-bond donors (Lipinski definition) is 1. The topological polar surface area (TPSA) is 53.5 Å². The van der Waals surface area contributed by atoms with Gasteiger partial charge < -0.3 is 19.9 Å². The number of anilines is 3. The first-order chi connectivity index (χ1) is 12.9. The molecule has 2 saturated heterocycles. The molecule has 0 spiro atoms. The molecule has 0 radical (unpaired) electrons. The van der Waals surface area contributed by atoms with Crippen LogP contribution in [0, 0.1) is 0 Å². The Labute approximate surface area is 159 Å². The summed E-state index contributed by atoms with van der Waals surface area (Å²) in [4.78, 5) is 13.6. The number of aromatic nitrogens is 2. The number of para-hydroxylation sites is 1. The van der Waals surface area contributed by atoms with Gasteiger partial charge in [0, 0.05) is 56.0 Å². The van der Waals surface area contributed by atoms with Crippen molar-refractivity contribution in [1.29, 1.82) is 0 Å². The molecule has 6 nitrogen and oxygen atoms in total. The summed E-state index contributed by atoms with van der Waals surface area (Å²) in [5.74, 6) is 4.23. The third-order valence-electron chi connectivity index (χ3n) is 4.79. The molecule has 0 bridgehead atoms. The minimum atomic E-state index is 0.750. The van der Waals surface area contributed by atoms with Gasteiger partial charge >= 0.3 is 0 Å². The van der Waals surface area contributed by atoms with Crippen LogP contribution in [0.1, 0.15) is 5.56 Å². The van der Waals surface area contributed by atoms with E-state index in [9.17, 15) is 0 Å². The number of benzene rings is 1. The number of morpholine rings is 1. The van der Waals surface area contributed by atoms with Gasteiger partial charge in [-0.25, -0.2) is 9.97 Å². The monoisotopic (exact) mass is 371 g/mol. The molecule has 7 heteroatoms. The fraction of sp³-hybridized carbons (Fsp3) is 0.474. The van der Waals surface area contributed by atoms with Crippen LogP contribution in [0.4, 0.5) is 17.3 Å². The minimum Gasteiger partial charge on any atom is -0.378 e. The molecule has 2 aromatic rings. The average Bonchev–Trinajstić information content (AvgIpc) is 2.74. The van der Waals surface area contributed by atoms with E-state index in [-0.39, 0.29) is 0 Å². The van der Waals surface area contributed by atoms with Gasteiger partial charge in [0.2, 0.25) is 0 Å². The van der Waals surface area contributed by atoms with E-state index in [1.807, 2.05) is 11.8 Å². The van der Waals surface area contributed by atoms with Crippen molar-refractivity contribution in [3.05, 3.63) is 42.2 Å². The molecular formula is C19H25N5OS. The molecule has 0 amide bonds. The minimum absolute atomic E-state index is 0.750. The molecule has 1 aromatic carbocycles. The Kier molecular flexibility index (Phi) is 5.76. The highest BCUT2D eigenvalue weighted by atomic mass is 32.2. The van der Waals surface area contributed by atoms with Crippen molar-refractivity contribution in [3.63, 3.8) is 0 Å². The van der Waals surface area contributed by atoms with Crippen LogP contribution in [0.25, 0.3) is 0 Å². The summed E-state index contributed by atoms with van der Waals surface area (Å²) in [7, 11) is 0. The third kappa shape index (κ3) is 4.22. The Morgan fingerprint density at radius 1 is 1.00 bits per heavy atom. The van der Waals surface area contributed by atoms with Crippen molar-refractivity contribution in [2.24, 2.45) is 0 Å². The first-order valence-corrected chi connectivity index (χ1v) is 10.3. The van der Waals surface area contributed by atoms with Crippen LogP contribution in [0.15, 0.2) is 36.7 Å². The first kappa shape index (κ1) is 17.4. The number of nitrogens with zero attached hydrogens (tertiary/aromatic N) is 4. The quantitative estimate of drug-likeness (QED) is 0.866. The van der Waals surface area contributed by atoms with Crippen LogP contribution in [-0.4, -0.2) is 60.9 Å². The Morgan fingerprint density at radius 3 is 2.65 bits per heavy atom. The molecule has 0 unspecified atom stereocenters. The van der Waals surface area contributed by atoms with Crippen LogP contribution in [-0.2, 0) is 11.3 Å². The molecule has 0 atom stereocenters. The Balaban J connectivity index is 1.44. The second-order valence-electron chi connectivity index (χ2n) is 6.44. The summed E-state index contributed by atoms with van der Waals surface area (Å²) in [5, 5.41) is 3.48. The smallest absolute Gasteiger partial charge is 0.134 e. The normalized spacial score (nSPS) is 18.0. The summed E-state index contributed by atoms with van der Waals surface area (Å²) in [6, 6.07) is 10.6. The van der Waals surface area contributed by atoms with Crippen molar-refractivity contribution < 1.29 is 4.74 Å². The zero-order valence-corrected chi connectivity index (χ0v) is 15.7. The largest absolute Gasteiger partial charge is 0.378 e. The fourth-order valence-electron chi connectivity index (χ4n) is 3.37. The molecule has 2 aliphatic heterocycles. The fourth-order valence-corrected chi connectivity index (χ4v) is 4.27. The van der Waals surface area contributed by atoms with E-state index < -0.39 is 0 Å². The van der Waals surface area contributed by atoms with Crippen molar-refractivity contribution in [2.45, 2.75) is 6.54 Å². The second kappa shape index (κ2) is 8.60. The van der Waals surface area contributed by atoms with Crippen molar-refractivity contribution in [3.8, 4) is 0 Å². The second-order valence-corrected chi connectivity index (χ2v) is 7.67. The zero-order chi connectivity index (χ0) is 17.6. The van der Waals surface area contributed by atoms with E-state index >= 15 is 0 Å². The first-order valence-electron chi connectivity index (χ1n) is 9.19. The molecular weight excluding hydrogens is 346 g/mol. The van der Waals surface area contributed by atoms with Gasteiger partial charge in [-0.2, -0.15) is 11.8 Å². The van der Waals surface area contributed by atoms with Crippen molar-refractivity contribution >= 4 is 29.1 Å². The summed E-state index contributed by atoms with van der Waals surface area (Å²) < 4.78 is 5.48. The number of ether oxygens (including phenoxy) is 1. The van der Waals surface area contributed by atoms with Crippen LogP contribution in [0.3, 0.4) is 0 Å². The molecule has 1 aromatic heterocycles. The number of rotatable bonds is 5. The molecule has 0 aliphatic carbocycles. The van der Waals surface area contributed by atoms with Gasteiger partial charge in [0.1, 0.15) is 18.0 Å². The van der Waals surface area contributed by atoms with E-state index in [0.717, 1.165) is 57.6 Å². The highest BCUT2D eigenvalue weighted by Crippen LogP contribution is 2.23. The maximum Gasteiger partial charge on any atom is 0.134 e. The van der Waals surface area contributed by atoms with E-state index in [0.29, 0.717) is 0 Å². The summed E-state index contributed by atoms with van der Waals surface area (Å²) >= 11 is 2.01. The SMILES string of the molecule is c1ccc(N2CCOCC2)c(CNc2cc(N3CCSCC3)ncn2)c1. The maximum atomic E-state index is 5.48. The van der Waals surface area contributed by atoms with Gasteiger partial charge in [-0.3, -0.25) is 0 Å². The molecule has 4 rings (SSSR count). The number of thioether (sulfide) groups is 1. The summed E-state index contributed by atoms with van der Waals surface area (Å²) in [6.45, 7) is 6.35. The van der Waals surface area contributed by atoms with Gasteiger partial charge in [0.25, 0.3) is 0 Å². The van der Waals surface area contributed by atoms with E-state index in [2.05, 4.69) is 55.4 Å². The van der Waals surface area contributed by atoms with Crippen LogP contribution < -0.4 is 15.1 Å². The van der Waals surface area contributed by atoms with Gasteiger partial charge in [-0.05, 0) is 11.6 Å². The lowest BCUT2D eigenvalue weighted by Gasteiger charge is -2.30. The lowest BCUT2D eigenvalue weighted by molar-refractivity contribution is 0.122. The Hall–Kier alpha value is -1.99. The molecule has 2 aliphatic rings. The molecule has 0 saturated carbocycles. The number of nitrogens with one attached hydrogen (secondary N) is 1. The summed E-state index contributed by atoms with van der Waals surface area (Å²) in [6.07, 6.45) is 1.66.